The summed E-state index contributed by atoms with van der Waals surface area (Å²) in [6, 6.07) is 0. The molecule has 0 bridgehead atoms. The van der Waals surface area contributed by atoms with Gasteiger partial charge in [0.1, 0.15) is 0 Å². The molecule has 2 N–H and O–H groups in total. The van der Waals surface area contributed by atoms with Gasteiger partial charge in [-0.25, -0.2) is 0 Å². The predicted octanol–water partition coefficient (Wildman–Crippen LogP) is -0.649. The van der Waals surface area contributed by atoms with E-state index in [1.54, 1.807) is 4.90 Å². The first-order valence-electron chi connectivity index (χ1n) is 6.96. The number of nitrogens with zero attached hydrogens (tertiary/aromatic N) is 1. The molecule has 1 atom stereocenters. The summed E-state index contributed by atoms with van der Waals surface area (Å²) in [5.41, 5.74) is -0.385. The Morgan fingerprint density at radius 3 is 2.74 bits per heavy atom. The number of nitrogens with one attached hydrogen (secondary N) is 2. The molecule has 6 heteroatoms. The van der Waals surface area contributed by atoms with Crippen molar-refractivity contribution >= 4 is 11.8 Å². The van der Waals surface area contributed by atoms with Crippen LogP contribution < -0.4 is 10.6 Å². The molecule has 1 unspecified atom stereocenters. The number of amides is 2. The molecule has 0 saturated carbocycles. The molecular weight excluding hydrogens is 246 g/mol. The molecule has 2 rings (SSSR count). The normalized spacial score (nSPS) is 27.9. The van der Waals surface area contributed by atoms with Crippen LogP contribution in [0.2, 0.25) is 0 Å². The van der Waals surface area contributed by atoms with E-state index in [2.05, 4.69) is 10.6 Å². The van der Waals surface area contributed by atoms with Gasteiger partial charge < -0.3 is 20.3 Å². The van der Waals surface area contributed by atoms with Gasteiger partial charge in [-0.05, 0) is 26.3 Å². The first-order valence-corrected chi connectivity index (χ1v) is 6.96. The van der Waals surface area contributed by atoms with E-state index >= 15 is 0 Å². The lowest BCUT2D eigenvalue weighted by Gasteiger charge is -2.33. The van der Waals surface area contributed by atoms with Gasteiger partial charge in [-0.15, -0.1) is 0 Å². The van der Waals surface area contributed by atoms with Crippen LogP contribution in [0.4, 0.5) is 0 Å². The first-order chi connectivity index (χ1) is 9.12. The fraction of sp³-hybridized carbons (Fsp3) is 0.846. The van der Waals surface area contributed by atoms with Crippen LogP contribution in [0.5, 0.6) is 0 Å². The molecule has 2 heterocycles. The highest BCUT2D eigenvalue weighted by Crippen LogP contribution is 2.25. The van der Waals surface area contributed by atoms with Crippen LogP contribution >= 0.6 is 0 Å². The number of hydrogen-bond acceptors (Lipinski definition) is 4. The highest BCUT2D eigenvalue weighted by Gasteiger charge is 2.34. The monoisotopic (exact) mass is 269 g/mol. The van der Waals surface area contributed by atoms with Gasteiger partial charge in [0.25, 0.3) is 0 Å². The highest BCUT2D eigenvalue weighted by molar-refractivity contribution is 5.88. The van der Waals surface area contributed by atoms with Crippen molar-refractivity contribution in [2.24, 2.45) is 5.41 Å². The number of morpholine rings is 1. The summed E-state index contributed by atoms with van der Waals surface area (Å²) in [6.45, 7) is 6.10. The van der Waals surface area contributed by atoms with Gasteiger partial charge in [0.15, 0.2) is 0 Å². The molecule has 2 aliphatic heterocycles. The van der Waals surface area contributed by atoms with Gasteiger partial charge in [-0.2, -0.15) is 0 Å². The van der Waals surface area contributed by atoms with Gasteiger partial charge in [0, 0.05) is 19.6 Å². The Balaban J connectivity index is 1.77. The zero-order valence-corrected chi connectivity index (χ0v) is 11.5. The second-order valence-corrected chi connectivity index (χ2v) is 5.52. The molecule has 0 radical (unpaired) electrons. The Morgan fingerprint density at radius 2 is 2.11 bits per heavy atom. The van der Waals surface area contributed by atoms with E-state index in [4.69, 9.17) is 4.74 Å². The highest BCUT2D eigenvalue weighted by atomic mass is 16.5. The average molecular weight is 269 g/mol. The predicted molar refractivity (Wildman–Crippen MR) is 70.6 cm³/mol. The zero-order chi connectivity index (χ0) is 13.7. The van der Waals surface area contributed by atoms with Crippen molar-refractivity contribution in [2.45, 2.75) is 19.8 Å². The average Bonchev–Trinajstić information content (AvgIpc) is 2.46. The summed E-state index contributed by atoms with van der Waals surface area (Å²) in [7, 11) is 0. The van der Waals surface area contributed by atoms with E-state index in [0.717, 1.165) is 19.4 Å². The molecule has 0 aromatic carbocycles. The van der Waals surface area contributed by atoms with Gasteiger partial charge in [-0.3, -0.25) is 9.59 Å². The summed E-state index contributed by atoms with van der Waals surface area (Å²) >= 11 is 0. The van der Waals surface area contributed by atoms with Crippen molar-refractivity contribution in [2.75, 3.05) is 45.9 Å². The minimum Gasteiger partial charge on any atom is -0.378 e. The van der Waals surface area contributed by atoms with E-state index < -0.39 is 0 Å². The van der Waals surface area contributed by atoms with Crippen LogP contribution in [-0.2, 0) is 14.3 Å². The lowest BCUT2D eigenvalue weighted by molar-refractivity contribution is -0.138. The van der Waals surface area contributed by atoms with Crippen molar-refractivity contribution < 1.29 is 14.3 Å². The molecule has 2 saturated heterocycles. The molecule has 0 aromatic rings. The number of carbonyl (C=O) groups is 2. The van der Waals surface area contributed by atoms with Crippen molar-refractivity contribution in [1.29, 1.82) is 0 Å². The largest absolute Gasteiger partial charge is 0.378 e. The van der Waals surface area contributed by atoms with Crippen LogP contribution in [0.3, 0.4) is 0 Å². The van der Waals surface area contributed by atoms with Gasteiger partial charge in [0.2, 0.25) is 11.8 Å². The number of hydrogen-bond donors (Lipinski definition) is 2. The third-order valence-electron chi connectivity index (χ3n) is 3.91. The Kier molecular flexibility index (Phi) is 4.76. The standard InChI is InChI=1S/C13H23N3O3/c1-13(3-2-4-14-10-13)12(18)15-9-11(17)16-5-7-19-8-6-16/h14H,2-10H2,1H3,(H,15,18). The Hall–Kier alpha value is -1.14. The minimum absolute atomic E-state index is 0.0241. The molecule has 0 aliphatic carbocycles. The molecule has 19 heavy (non-hydrogen) atoms. The van der Waals surface area contributed by atoms with E-state index in [1.165, 1.54) is 0 Å². The van der Waals surface area contributed by atoms with Gasteiger partial charge >= 0.3 is 0 Å². The number of rotatable bonds is 3. The third-order valence-corrected chi connectivity index (χ3v) is 3.91. The zero-order valence-electron chi connectivity index (χ0n) is 11.5. The third kappa shape index (κ3) is 3.67. The fourth-order valence-electron chi connectivity index (χ4n) is 2.54. The van der Waals surface area contributed by atoms with E-state index in [9.17, 15) is 9.59 Å². The SMILES string of the molecule is CC1(C(=O)NCC(=O)N2CCOCC2)CCCNC1. The maximum atomic E-state index is 12.2. The lowest BCUT2D eigenvalue weighted by Crippen LogP contribution is -2.51. The van der Waals surface area contributed by atoms with E-state index in [1.807, 2.05) is 6.92 Å². The summed E-state index contributed by atoms with van der Waals surface area (Å²) < 4.78 is 5.20. The quantitative estimate of drug-likeness (QED) is 0.714. The van der Waals surface area contributed by atoms with Crippen molar-refractivity contribution in [3.05, 3.63) is 0 Å². The minimum atomic E-state index is -0.385. The second kappa shape index (κ2) is 6.34. The van der Waals surface area contributed by atoms with Crippen LogP contribution in [0.25, 0.3) is 0 Å². The molecule has 0 spiro atoms. The second-order valence-electron chi connectivity index (χ2n) is 5.52. The maximum Gasteiger partial charge on any atom is 0.242 e. The summed E-state index contributed by atoms with van der Waals surface area (Å²) in [5, 5.41) is 6.01. The van der Waals surface area contributed by atoms with Crippen molar-refractivity contribution in [3.63, 3.8) is 0 Å². The van der Waals surface area contributed by atoms with Gasteiger partial charge in [-0.1, -0.05) is 0 Å². The Morgan fingerprint density at radius 1 is 1.37 bits per heavy atom. The number of ether oxygens (including phenoxy) is 1. The van der Waals surface area contributed by atoms with E-state index in [0.29, 0.717) is 32.8 Å². The molecule has 0 aromatic heterocycles. The fourth-order valence-corrected chi connectivity index (χ4v) is 2.54. The van der Waals surface area contributed by atoms with Gasteiger partial charge in [0.05, 0.1) is 25.2 Å². The molecule has 2 fully saturated rings. The Bertz CT molecular complexity index is 334. The molecule has 2 amide bonds. The van der Waals surface area contributed by atoms with Crippen LogP contribution in [0.15, 0.2) is 0 Å². The van der Waals surface area contributed by atoms with Crippen molar-refractivity contribution in [3.8, 4) is 0 Å². The molecule has 2 aliphatic rings. The number of carbonyl (C=O) groups excluding carboxylic acids is 2. The molecule has 6 nitrogen and oxygen atoms in total. The smallest absolute Gasteiger partial charge is 0.242 e. The molecular formula is C13H23N3O3. The first kappa shape index (κ1) is 14.3. The summed E-state index contributed by atoms with van der Waals surface area (Å²) in [4.78, 5) is 25.8. The summed E-state index contributed by atoms with van der Waals surface area (Å²) in [6.07, 6.45) is 1.87. The number of piperidine rings is 1. The Labute approximate surface area is 113 Å². The summed E-state index contributed by atoms with van der Waals surface area (Å²) in [5.74, 6) is -0.0506. The molecule has 108 valence electrons. The van der Waals surface area contributed by atoms with Crippen LogP contribution in [0.1, 0.15) is 19.8 Å². The van der Waals surface area contributed by atoms with Crippen molar-refractivity contribution in [1.82, 2.24) is 15.5 Å². The van der Waals surface area contributed by atoms with E-state index in [-0.39, 0.29) is 23.8 Å². The lowest BCUT2D eigenvalue weighted by atomic mass is 9.82. The van der Waals surface area contributed by atoms with Crippen LogP contribution in [-0.4, -0.2) is 62.7 Å². The maximum absolute atomic E-state index is 12.2. The topological polar surface area (TPSA) is 70.7 Å². The van der Waals surface area contributed by atoms with Crippen LogP contribution in [0, 0.1) is 5.41 Å².